The molecule has 0 bridgehead atoms. The lowest BCUT2D eigenvalue weighted by atomic mass is 11.9. The van der Waals surface area contributed by atoms with Crippen LogP contribution in [0.25, 0.3) is 10.4 Å². The number of hydrogen-bond donors (Lipinski definition) is 0. The summed E-state index contributed by atoms with van der Waals surface area (Å²) >= 11 is 0. The first-order chi connectivity index (χ1) is 2.91. The fourth-order valence-electron chi connectivity index (χ4n) is 0.0494. The highest BCUT2D eigenvalue weighted by Gasteiger charge is 1.51. The molecule has 0 radical (unpaired) electrons. The van der Waals surface area contributed by atoms with Crippen molar-refractivity contribution in [3.05, 3.63) is 10.4 Å². The molecule has 0 atom stereocenters. The van der Waals surface area contributed by atoms with Crippen molar-refractivity contribution in [2.75, 3.05) is 0 Å². The van der Waals surface area contributed by atoms with Gasteiger partial charge in [0.25, 0.3) is 0 Å². The van der Waals surface area contributed by atoms with E-state index in [2.05, 4.69) is 9.69 Å². The lowest BCUT2D eigenvalue weighted by Crippen LogP contribution is -1.58. The molecule has 0 aromatic carbocycles. The van der Waals surface area contributed by atoms with Crippen LogP contribution in [0.5, 0.6) is 0 Å². The molecule has 30 valence electrons. The first-order valence-electron chi connectivity index (χ1n) is 1.15. The predicted molar refractivity (Wildman–Crippen MR) is 22.0 cm³/mol. The van der Waals surface area contributed by atoms with E-state index >= 15 is 0 Å². The van der Waals surface area contributed by atoms with E-state index in [1.807, 2.05) is 0 Å². The van der Waals surface area contributed by atoms with E-state index in [4.69, 9.17) is 5.53 Å². The molecule has 0 aromatic rings. The standard InChI is InChI=1S/CHN3OSi/c2-3-4-6-1-5/h6H. The fraction of sp³-hybridized carbons (Fsp3) is 0. The Kier molecular flexibility index (Phi) is 3.50. The maximum atomic E-state index is 9.21. The van der Waals surface area contributed by atoms with E-state index in [1.165, 1.54) is 5.54 Å². The number of nitrogens with zero attached hydrogens (tertiary/aromatic N) is 3. The molecule has 0 heterocycles. The van der Waals surface area contributed by atoms with Crippen LogP contribution in [0.1, 0.15) is 0 Å². The quantitative estimate of drug-likeness (QED) is 0.193. The normalized spacial score (nSPS) is 4.67. The van der Waals surface area contributed by atoms with Crippen molar-refractivity contribution >= 4 is 14.8 Å². The highest BCUT2D eigenvalue weighted by atomic mass is 28.2. The molecule has 0 N–H and O–H groups in total. The molecule has 0 aliphatic rings. The lowest BCUT2D eigenvalue weighted by Gasteiger charge is -1.42. The van der Waals surface area contributed by atoms with E-state index in [1.54, 1.807) is 0 Å². The Balaban J connectivity index is 3.64. The van der Waals surface area contributed by atoms with Crippen molar-refractivity contribution in [1.29, 1.82) is 0 Å². The van der Waals surface area contributed by atoms with E-state index < -0.39 is 9.29 Å². The first-order valence-corrected chi connectivity index (χ1v) is 2.24. The minimum absolute atomic E-state index is 0.779. The molecule has 6 heavy (non-hydrogen) atoms. The van der Waals surface area contributed by atoms with Gasteiger partial charge >= 0.3 is 0 Å². The van der Waals surface area contributed by atoms with Gasteiger partial charge in [-0.3, -0.25) is 0 Å². The molecule has 0 aromatic heterocycles. The second-order valence-electron chi connectivity index (χ2n) is 0.452. The summed E-state index contributed by atoms with van der Waals surface area (Å²) in [5, 5.41) is 0. The Morgan fingerprint density at radius 1 is 2.00 bits per heavy atom. The van der Waals surface area contributed by atoms with Crippen LogP contribution in [-0.4, -0.2) is 14.8 Å². The zero-order valence-corrected chi connectivity index (χ0v) is 3.98. The van der Waals surface area contributed by atoms with Gasteiger partial charge in [0.1, 0.15) is 0 Å². The highest BCUT2D eigenvalue weighted by Crippen LogP contribution is 1.49. The molecule has 0 spiro atoms. The molecule has 0 saturated carbocycles. The van der Waals surface area contributed by atoms with Crippen LogP contribution < -0.4 is 0 Å². The summed E-state index contributed by atoms with van der Waals surface area (Å²) in [4.78, 5) is 11.5. The summed E-state index contributed by atoms with van der Waals surface area (Å²) in [7, 11) is -0.779. The molecular weight excluding hydrogens is 98.1 g/mol. The molecule has 0 unspecified atom stereocenters. The van der Waals surface area contributed by atoms with Gasteiger partial charge in [0.05, 0.1) is 5.54 Å². The Morgan fingerprint density at radius 2 is 2.67 bits per heavy atom. The number of carbonyl (C=O) groups excluding carboxylic acids is 1. The van der Waals surface area contributed by atoms with Crippen LogP contribution in [0, 0.1) is 0 Å². The zero-order valence-electron chi connectivity index (χ0n) is 2.83. The third-order valence-electron chi connectivity index (χ3n) is 0.162. The Bertz CT molecular complexity index is 103. The maximum Gasteiger partial charge on any atom is 0.208 e. The van der Waals surface area contributed by atoms with E-state index in [0.717, 1.165) is 0 Å². The number of azide groups is 1. The van der Waals surface area contributed by atoms with E-state index in [-0.39, 0.29) is 0 Å². The Hall–Kier alpha value is -0.893. The smallest absolute Gasteiger partial charge is 0.208 e. The Morgan fingerprint density at radius 3 is 2.83 bits per heavy atom. The molecule has 0 aliphatic carbocycles. The molecule has 0 rings (SSSR count). The van der Waals surface area contributed by atoms with Gasteiger partial charge in [0.2, 0.25) is 9.29 Å². The number of rotatable bonds is 1. The maximum absolute atomic E-state index is 9.21. The molecule has 4 nitrogen and oxygen atoms in total. The topological polar surface area (TPSA) is 65.8 Å². The third-order valence-corrected chi connectivity index (χ3v) is 0.486. The number of hydrogen-bond acceptors (Lipinski definition) is 2. The van der Waals surface area contributed by atoms with Crippen molar-refractivity contribution in [1.82, 2.24) is 0 Å². The monoisotopic (exact) mass is 99.0 g/mol. The van der Waals surface area contributed by atoms with Crippen LogP contribution in [0.3, 0.4) is 0 Å². The van der Waals surface area contributed by atoms with Gasteiger partial charge in [-0.2, -0.15) is 0 Å². The molecule has 5 heteroatoms. The lowest BCUT2D eigenvalue weighted by molar-refractivity contribution is 0.571. The predicted octanol–water partition coefficient (Wildman–Crippen LogP) is -0.285. The van der Waals surface area contributed by atoms with Crippen LogP contribution in [-0.2, 0) is 4.79 Å². The highest BCUT2D eigenvalue weighted by molar-refractivity contribution is 6.40. The largest absolute Gasteiger partial charge is 0.243 e. The van der Waals surface area contributed by atoms with Crippen LogP contribution in [0.2, 0.25) is 0 Å². The van der Waals surface area contributed by atoms with Crippen molar-refractivity contribution < 1.29 is 4.79 Å². The van der Waals surface area contributed by atoms with Gasteiger partial charge in [-0.1, -0.05) is 4.78 Å². The summed E-state index contributed by atoms with van der Waals surface area (Å²) in [6, 6.07) is 0. The summed E-state index contributed by atoms with van der Waals surface area (Å²) in [5.41, 5.74) is 8.98. The van der Waals surface area contributed by atoms with E-state index in [9.17, 15) is 4.79 Å². The summed E-state index contributed by atoms with van der Waals surface area (Å²) in [6.45, 7) is 0. The average Bonchev–Trinajstić information content (AvgIpc) is 1.61. The van der Waals surface area contributed by atoms with Crippen molar-refractivity contribution in [2.24, 2.45) is 4.78 Å². The zero-order chi connectivity index (χ0) is 4.83. The van der Waals surface area contributed by atoms with Gasteiger partial charge in [0.15, 0.2) is 0 Å². The van der Waals surface area contributed by atoms with Crippen LogP contribution in [0.15, 0.2) is 4.78 Å². The average molecular weight is 99.1 g/mol. The van der Waals surface area contributed by atoms with Crippen molar-refractivity contribution in [3.8, 4) is 0 Å². The van der Waals surface area contributed by atoms with Gasteiger partial charge in [-0.25, -0.2) is 4.79 Å². The summed E-state index contributed by atoms with van der Waals surface area (Å²) in [5.74, 6) is 0. The minimum Gasteiger partial charge on any atom is -0.243 e. The second-order valence-corrected chi connectivity index (χ2v) is 1.18. The molecular formula is CHN3OSi. The Labute approximate surface area is 35.9 Å². The van der Waals surface area contributed by atoms with Crippen molar-refractivity contribution in [2.45, 2.75) is 0 Å². The van der Waals surface area contributed by atoms with E-state index in [0.29, 0.717) is 0 Å². The molecule has 0 fully saturated rings. The van der Waals surface area contributed by atoms with Crippen LogP contribution in [0.4, 0.5) is 0 Å². The first kappa shape index (κ1) is 5.11. The van der Waals surface area contributed by atoms with Gasteiger partial charge in [-0.05, 0) is 5.53 Å². The second kappa shape index (κ2) is 4.11. The summed E-state index contributed by atoms with van der Waals surface area (Å²) < 4.78 is 2.93. The molecule has 0 saturated heterocycles. The van der Waals surface area contributed by atoms with Gasteiger partial charge < -0.3 is 0 Å². The summed E-state index contributed by atoms with van der Waals surface area (Å²) in [6.07, 6.45) is 0. The van der Waals surface area contributed by atoms with Crippen molar-refractivity contribution in [3.63, 3.8) is 0 Å². The minimum atomic E-state index is -0.779. The SMILES string of the molecule is [N-]=[N+]=N[SiH]=C=O. The molecule has 0 aliphatic heterocycles. The third kappa shape index (κ3) is 3.11. The van der Waals surface area contributed by atoms with Gasteiger partial charge in [-0.15, -0.1) is 0 Å². The molecule has 0 amide bonds. The van der Waals surface area contributed by atoms with Crippen LogP contribution >= 0.6 is 0 Å². The fourth-order valence-corrected chi connectivity index (χ4v) is 0.148. The van der Waals surface area contributed by atoms with Gasteiger partial charge in [0, 0.05) is 4.91 Å².